The molecule has 1 heterocycles. The Kier molecular flexibility index (Phi) is 5.17. The Balaban J connectivity index is 1.70. The molecule has 0 bridgehead atoms. The second kappa shape index (κ2) is 6.88. The normalized spacial score (nSPS) is 18.4. The molecule has 0 atom stereocenters. The van der Waals surface area contributed by atoms with Crippen LogP contribution in [-0.2, 0) is 6.54 Å². The second-order valence-corrected chi connectivity index (χ2v) is 5.41. The van der Waals surface area contributed by atoms with Gasteiger partial charge in [-0.3, -0.25) is 9.80 Å². The molecule has 3 heteroatoms. The Hall–Kier alpha value is -0.900. The predicted octanol–water partition coefficient (Wildman–Crippen LogP) is 1.37. The standard InChI is InChI=1S/C15H25N3/c1-16(2)8-9-17-10-12-18(13-11-17)14-15-6-4-3-5-7-15/h3-7H,8-14H2,1-2H3. The topological polar surface area (TPSA) is 9.72 Å². The molecule has 1 aromatic carbocycles. The number of benzene rings is 1. The van der Waals surface area contributed by atoms with Crippen molar-refractivity contribution in [3.63, 3.8) is 0 Å². The van der Waals surface area contributed by atoms with E-state index in [1.165, 1.54) is 44.8 Å². The van der Waals surface area contributed by atoms with E-state index < -0.39 is 0 Å². The molecule has 3 nitrogen and oxygen atoms in total. The van der Waals surface area contributed by atoms with Crippen LogP contribution in [0.4, 0.5) is 0 Å². The van der Waals surface area contributed by atoms with E-state index in [0.717, 1.165) is 6.54 Å². The van der Waals surface area contributed by atoms with Crippen molar-refractivity contribution < 1.29 is 0 Å². The van der Waals surface area contributed by atoms with E-state index in [-0.39, 0.29) is 0 Å². The van der Waals surface area contributed by atoms with Crippen molar-refractivity contribution >= 4 is 0 Å². The zero-order chi connectivity index (χ0) is 12.8. The molecule has 0 aliphatic carbocycles. The van der Waals surface area contributed by atoms with Gasteiger partial charge in [-0.25, -0.2) is 0 Å². The molecule has 0 amide bonds. The van der Waals surface area contributed by atoms with Crippen molar-refractivity contribution in [3.8, 4) is 0 Å². The molecule has 0 radical (unpaired) electrons. The van der Waals surface area contributed by atoms with Gasteiger partial charge in [0.2, 0.25) is 0 Å². The summed E-state index contributed by atoms with van der Waals surface area (Å²) in [5, 5.41) is 0. The van der Waals surface area contributed by atoms with Gasteiger partial charge in [0.05, 0.1) is 0 Å². The van der Waals surface area contributed by atoms with E-state index in [1.807, 2.05) is 0 Å². The summed E-state index contributed by atoms with van der Waals surface area (Å²) < 4.78 is 0. The molecule has 1 saturated heterocycles. The molecule has 2 rings (SSSR count). The molecule has 18 heavy (non-hydrogen) atoms. The van der Waals surface area contributed by atoms with E-state index in [2.05, 4.69) is 59.1 Å². The molecule has 1 aliphatic rings. The number of hydrogen-bond acceptors (Lipinski definition) is 3. The van der Waals surface area contributed by atoms with Crippen molar-refractivity contribution in [1.82, 2.24) is 14.7 Å². The van der Waals surface area contributed by atoms with Crippen LogP contribution in [0.15, 0.2) is 30.3 Å². The van der Waals surface area contributed by atoms with Crippen LogP contribution in [0.2, 0.25) is 0 Å². The Morgan fingerprint density at radius 3 is 2.17 bits per heavy atom. The first-order chi connectivity index (χ1) is 8.74. The Morgan fingerprint density at radius 2 is 1.56 bits per heavy atom. The summed E-state index contributed by atoms with van der Waals surface area (Å²) in [5.74, 6) is 0. The first-order valence-corrected chi connectivity index (χ1v) is 6.87. The first kappa shape index (κ1) is 13.5. The minimum absolute atomic E-state index is 1.10. The van der Waals surface area contributed by atoms with E-state index in [4.69, 9.17) is 0 Å². The van der Waals surface area contributed by atoms with Crippen LogP contribution in [0.25, 0.3) is 0 Å². The van der Waals surface area contributed by atoms with Crippen LogP contribution in [0.5, 0.6) is 0 Å². The summed E-state index contributed by atoms with van der Waals surface area (Å²) in [6, 6.07) is 10.8. The van der Waals surface area contributed by atoms with Crippen LogP contribution in [0.3, 0.4) is 0 Å². The lowest BCUT2D eigenvalue weighted by atomic mass is 10.2. The molecule has 0 spiro atoms. The quantitative estimate of drug-likeness (QED) is 0.778. The molecule has 0 unspecified atom stereocenters. The maximum Gasteiger partial charge on any atom is 0.0234 e. The highest BCUT2D eigenvalue weighted by molar-refractivity contribution is 5.14. The molecule has 1 fully saturated rings. The minimum Gasteiger partial charge on any atom is -0.308 e. The fourth-order valence-corrected chi connectivity index (χ4v) is 2.35. The smallest absolute Gasteiger partial charge is 0.0234 e. The van der Waals surface area contributed by atoms with E-state index >= 15 is 0 Å². The molecule has 0 aromatic heterocycles. The average molecular weight is 247 g/mol. The number of piperazine rings is 1. The van der Waals surface area contributed by atoms with Gasteiger partial charge >= 0.3 is 0 Å². The zero-order valence-electron chi connectivity index (χ0n) is 11.7. The summed E-state index contributed by atoms with van der Waals surface area (Å²) >= 11 is 0. The van der Waals surface area contributed by atoms with Gasteiger partial charge in [0.25, 0.3) is 0 Å². The van der Waals surface area contributed by atoms with Crippen molar-refractivity contribution in [3.05, 3.63) is 35.9 Å². The average Bonchev–Trinajstić information content (AvgIpc) is 2.39. The molecular weight excluding hydrogens is 222 g/mol. The predicted molar refractivity (Wildman–Crippen MR) is 76.7 cm³/mol. The zero-order valence-corrected chi connectivity index (χ0v) is 11.7. The number of rotatable bonds is 5. The Labute approximate surface area is 111 Å². The van der Waals surface area contributed by atoms with Crippen molar-refractivity contribution in [2.45, 2.75) is 6.54 Å². The molecule has 0 N–H and O–H groups in total. The SMILES string of the molecule is CN(C)CCN1CCN(Cc2ccccc2)CC1. The highest BCUT2D eigenvalue weighted by atomic mass is 15.3. The molecule has 100 valence electrons. The number of likely N-dealkylation sites (N-methyl/N-ethyl adjacent to an activating group) is 1. The van der Waals surface area contributed by atoms with E-state index in [0.29, 0.717) is 0 Å². The highest BCUT2D eigenvalue weighted by Gasteiger charge is 2.16. The summed E-state index contributed by atoms with van der Waals surface area (Å²) in [6.45, 7) is 8.28. The largest absolute Gasteiger partial charge is 0.308 e. The van der Waals surface area contributed by atoms with Gasteiger partial charge in [0.15, 0.2) is 0 Å². The van der Waals surface area contributed by atoms with Crippen molar-refractivity contribution in [2.24, 2.45) is 0 Å². The van der Waals surface area contributed by atoms with Crippen LogP contribution < -0.4 is 0 Å². The lowest BCUT2D eigenvalue weighted by Crippen LogP contribution is -2.47. The van der Waals surface area contributed by atoms with Gasteiger partial charge in [0.1, 0.15) is 0 Å². The third-order valence-electron chi connectivity index (χ3n) is 3.58. The van der Waals surface area contributed by atoms with Crippen LogP contribution >= 0.6 is 0 Å². The van der Waals surface area contributed by atoms with E-state index in [9.17, 15) is 0 Å². The lowest BCUT2D eigenvalue weighted by Gasteiger charge is -2.35. The Bertz CT molecular complexity index is 329. The summed E-state index contributed by atoms with van der Waals surface area (Å²) in [6.07, 6.45) is 0. The van der Waals surface area contributed by atoms with Gasteiger partial charge in [-0.1, -0.05) is 30.3 Å². The van der Waals surface area contributed by atoms with Gasteiger partial charge in [-0.15, -0.1) is 0 Å². The fourth-order valence-electron chi connectivity index (χ4n) is 2.35. The van der Waals surface area contributed by atoms with Gasteiger partial charge in [-0.2, -0.15) is 0 Å². The monoisotopic (exact) mass is 247 g/mol. The molecule has 1 aromatic rings. The number of nitrogens with zero attached hydrogens (tertiary/aromatic N) is 3. The van der Waals surface area contributed by atoms with Gasteiger partial charge in [-0.05, 0) is 19.7 Å². The van der Waals surface area contributed by atoms with Crippen LogP contribution in [0.1, 0.15) is 5.56 Å². The second-order valence-electron chi connectivity index (χ2n) is 5.41. The maximum absolute atomic E-state index is 2.57. The lowest BCUT2D eigenvalue weighted by molar-refractivity contribution is 0.120. The van der Waals surface area contributed by atoms with Crippen molar-refractivity contribution in [1.29, 1.82) is 0 Å². The Morgan fingerprint density at radius 1 is 0.944 bits per heavy atom. The molecular formula is C15H25N3. The summed E-state index contributed by atoms with van der Waals surface area (Å²) in [7, 11) is 4.29. The number of hydrogen-bond donors (Lipinski definition) is 0. The maximum atomic E-state index is 2.57. The molecule has 0 saturated carbocycles. The molecule has 1 aliphatic heterocycles. The third-order valence-corrected chi connectivity index (χ3v) is 3.58. The summed E-state index contributed by atoms with van der Waals surface area (Å²) in [4.78, 5) is 7.39. The van der Waals surface area contributed by atoms with Gasteiger partial charge in [0, 0.05) is 45.8 Å². The van der Waals surface area contributed by atoms with Crippen LogP contribution in [0, 0.1) is 0 Å². The van der Waals surface area contributed by atoms with E-state index in [1.54, 1.807) is 0 Å². The highest BCUT2D eigenvalue weighted by Crippen LogP contribution is 2.08. The fraction of sp³-hybridized carbons (Fsp3) is 0.600. The minimum atomic E-state index is 1.10. The van der Waals surface area contributed by atoms with Crippen LogP contribution in [-0.4, -0.2) is 68.1 Å². The third kappa shape index (κ3) is 4.41. The van der Waals surface area contributed by atoms with Gasteiger partial charge < -0.3 is 4.90 Å². The summed E-state index contributed by atoms with van der Waals surface area (Å²) in [5.41, 5.74) is 1.43. The first-order valence-electron chi connectivity index (χ1n) is 6.87. The van der Waals surface area contributed by atoms with Crippen molar-refractivity contribution in [2.75, 3.05) is 53.4 Å².